The summed E-state index contributed by atoms with van der Waals surface area (Å²) < 4.78 is 13.0. The van der Waals surface area contributed by atoms with Crippen molar-refractivity contribution in [3.63, 3.8) is 0 Å². The zero-order chi connectivity index (χ0) is 10.6. The molecule has 1 aromatic rings. The molecule has 0 amide bonds. The van der Waals surface area contributed by atoms with E-state index in [0.29, 0.717) is 11.8 Å². The molecule has 0 heterocycles. The van der Waals surface area contributed by atoms with E-state index in [1.807, 2.05) is 6.07 Å². The van der Waals surface area contributed by atoms with Crippen molar-refractivity contribution in [3.8, 4) is 0 Å². The molecule has 0 fully saturated rings. The third-order valence-electron chi connectivity index (χ3n) is 2.20. The summed E-state index contributed by atoms with van der Waals surface area (Å²) in [6.07, 6.45) is 1.72. The highest BCUT2D eigenvalue weighted by Crippen LogP contribution is 2.22. The smallest absolute Gasteiger partial charge is 0.142 e. The summed E-state index contributed by atoms with van der Waals surface area (Å²) in [7, 11) is 0. The summed E-state index contributed by atoms with van der Waals surface area (Å²) in [5, 5.41) is 0.245. The Bertz CT molecular complexity index is 299. The number of halogens is 3. The fraction of sp³-hybridized carbons (Fsp3) is 0.455. The SMILES string of the molecule is CC(CCl)CCc1cccc(F)c1Cl. The van der Waals surface area contributed by atoms with E-state index >= 15 is 0 Å². The minimum Gasteiger partial charge on any atom is -0.205 e. The van der Waals surface area contributed by atoms with Crippen LogP contribution in [0.25, 0.3) is 0 Å². The van der Waals surface area contributed by atoms with E-state index in [-0.39, 0.29) is 10.8 Å². The van der Waals surface area contributed by atoms with E-state index < -0.39 is 0 Å². The van der Waals surface area contributed by atoms with Crippen LogP contribution >= 0.6 is 23.2 Å². The molecule has 0 nitrogen and oxygen atoms in total. The lowest BCUT2D eigenvalue weighted by atomic mass is 10.0. The fourth-order valence-corrected chi connectivity index (χ4v) is 1.60. The van der Waals surface area contributed by atoms with Crippen molar-refractivity contribution >= 4 is 23.2 Å². The number of hydrogen-bond donors (Lipinski definition) is 0. The van der Waals surface area contributed by atoms with Crippen LogP contribution in [-0.4, -0.2) is 5.88 Å². The van der Waals surface area contributed by atoms with E-state index in [1.165, 1.54) is 6.07 Å². The van der Waals surface area contributed by atoms with Gasteiger partial charge in [0.2, 0.25) is 0 Å². The first-order valence-corrected chi connectivity index (χ1v) is 5.55. The number of alkyl halides is 1. The zero-order valence-corrected chi connectivity index (χ0v) is 9.58. The molecule has 1 aromatic carbocycles. The highest BCUT2D eigenvalue weighted by molar-refractivity contribution is 6.31. The van der Waals surface area contributed by atoms with Crippen molar-refractivity contribution in [1.82, 2.24) is 0 Å². The number of rotatable bonds is 4. The maximum Gasteiger partial charge on any atom is 0.142 e. The van der Waals surface area contributed by atoms with Gasteiger partial charge in [-0.05, 0) is 30.4 Å². The van der Waals surface area contributed by atoms with E-state index in [9.17, 15) is 4.39 Å². The van der Waals surface area contributed by atoms with Gasteiger partial charge in [-0.15, -0.1) is 11.6 Å². The molecule has 14 heavy (non-hydrogen) atoms. The predicted molar refractivity (Wildman–Crippen MR) is 59.6 cm³/mol. The summed E-state index contributed by atoms with van der Waals surface area (Å²) in [6, 6.07) is 4.91. The van der Waals surface area contributed by atoms with Gasteiger partial charge in [-0.2, -0.15) is 0 Å². The summed E-state index contributed by atoms with van der Waals surface area (Å²) >= 11 is 11.5. The Morgan fingerprint density at radius 2 is 2.14 bits per heavy atom. The molecule has 0 aliphatic carbocycles. The van der Waals surface area contributed by atoms with Gasteiger partial charge in [0, 0.05) is 5.88 Å². The Morgan fingerprint density at radius 3 is 2.79 bits per heavy atom. The van der Waals surface area contributed by atoms with E-state index in [4.69, 9.17) is 23.2 Å². The molecule has 1 rings (SSSR count). The molecule has 78 valence electrons. The lowest BCUT2D eigenvalue weighted by molar-refractivity contribution is 0.587. The second kappa shape index (κ2) is 5.57. The van der Waals surface area contributed by atoms with Crippen LogP contribution in [0.15, 0.2) is 18.2 Å². The number of benzene rings is 1. The molecule has 0 aliphatic rings. The van der Waals surface area contributed by atoms with Gasteiger partial charge < -0.3 is 0 Å². The minimum absolute atomic E-state index is 0.245. The molecule has 0 N–H and O–H groups in total. The lowest BCUT2D eigenvalue weighted by Gasteiger charge is -2.08. The Morgan fingerprint density at radius 1 is 1.43 bits per heavy atom. The molecular weight excluding hydrogens is 222 g/mol. The average Bonchev–Trinajstić information content (AvgIpc) is 2.20. The second-order valence-electron chi connectivity index (χ2n) is 3.51. The monoisotopic (exact) mass is 234 g/mol. The molecule has 1 atom stereocenters. The highest BCUT2D eigenvalue weighted by Gasteiger charge is 2.07. The third kappa shape index (κ3) is 3.14. The largest absolute Gasteiger partial charge is 0.205 e. The lowest BCUT2D eigenvalue weighted by Crippen LogP contribution is -1.99. The standard InChI is InChI=1S/C11H13Cl2F/c1-8(7-12)5-6-9-3-2-4-10(14)11(9)13/h2-4,8H,5-7H2,1H3. The average molecular weight is 235 g/mol. The predicted octanol–water partition coefficient (Wildman–Crippen LogP) is 4.29. The van der Waals surface area contributed by atoms with Gasteiger partial charge in [0.15, 0.2) is 0 Å². The highest BCUT2D eigenvalue weighted by atomic mass is 35.5. The molecule has 3 heteroatoms. The summed E-state index contributed by atoms with van der Waals surface area (Å²) in [5.41, 5.74) is 0.864. The van der Waals surface area contributed by atoms with Crippen molar-refractivity contribution < 1.29 is 4.39 Å². The van der Waals surface area contributed by atoms with Crippen LogP contribution in [0.1, 0.15) is 18.9 Å². The molecule has 0 saturated heterocycles. The van der Waals surface area contributed by atoms with Crippen LogP contribution in [0.4, 0.5) is 4.39 Å². The minimum atomic E-state index is -0.345. The Labute approximate surface area is 94.0 Å². The number of aryl methyl sites for hydroxylation is 1. The quantitative estimate of drug-likeness (QED) is 0.683. The second-order valence-corrected chi connectivity index (χ2v) is 4.20. The van der Waals surface area contributed by atoms with Crippen molar-refractivity contribution in [2.45, 2.75) is 19.8 Å². The van der Waals surface area contributed by atoms with Crippen LogP contribution < -0.4 is 0 Å². The van der Waals surface area contributed by atoms with E-state index in [1.54, 1.807) is 6.07 Å². The molecule has 0 aromatic heterocycles. The maximum atomic E-state index is 13.0. The molecule has 0 radical (unpaired) electrons. The van der Waals surface area contributed by atoms with Gasteiger partial charge in [0.05, 0.1) is 5.02 Å². The van der Waals surface area contributed by atoms with Crippen LogP contribution in [0.5, 0.6) is 0 Å². The zero-order valence-electron chi connectivity index (χ0n) is 8.06. The Kier molecular flexibility index (Phi) is 4.70. The fourth-order valence-electron chi connectivity index (χ4n) is 1.22. The molecule has 0 saturated carbocycles. The molecule has 0 bridgehead atoms. The first kappa shape index (κ1) is 11.8. The summed E-state index contributed by atoms with van der Waals surface area (Å²) in [5.74, 6) is 0.728. The summed E-state index contributed by atoms with van der Waals surface area (Å²) in [6.45, 7) is 2.07. The van der Waals surface area contributed by atoms with Crippen molar-refractivity contribution in [3.05, 3.63) is 34.6 Å². The Hall–Kier alpha value is -0.270. The molecular formula is C11H13Cl2F. The van der Waals surface area contributed by atoms with Gasteiger partial charge in [-0.1, -0.05) is 30.7 Å². The third-order valence-corrected chi connectivity index (χ3v) is 3.15. The van der Waals surface area contributed by atoms with Gasteiger partial charge in [-0.3, -0.25) is 0 Å². The number of hydrogen-bond acceptors (Lipinski definition) is 0. The van der Waals surface area contributed by atoms with Crippen LogP contribution in [-0.2, 0) is 6.42 Å². The Balaban J connectivity index is 2.63. The van der Waals surface area contributed by atoms with Crippen LogP contribution in [0.3, 0.4) is 0 Å². The van der Waals surface area contributed by atoms with Crippen LogP contribution in [0.2, 0.25) is 5.02 Å². The molecule has 1 unspecified atom stereocenters. The summed E-state index contributed by atoms with van der Waals surface area (Å²) in [4.78, 5) is 0. The first-order chi connectivity index (χ1) is 6.65. The van der Waals surface area contributed by atoms with Gasteiger partial charge in [0.1, 0.15) is 5.82 Å². The van der Waals surface area contributed by atoms with E-state index in [0.717, 1.165) is 18.4 Å². The topological polar surface area (TPSA) is 0 Å². The maximum absolute atomic E-state index is 13.0. The molecule has 0 spiro atoms. The van der Waals surface area contributed by atoms with Crippen molar-refractivity contribution in [2.24, 2.45) is 5.92 Å². The van der Waals surface area contributed by atoms with Crippen LogP contribution in [0, 0.1) is 11.7 Å². The van der Waals surface area contributed by atoms with Gasteiger partial charge in [0.25, 0.3) is 0 Å². The normalized spacial score (nSPS) is 12.9. The first-order valence-electron chi connectivity index (χ1n) is 4.64. The van der Waals surface area contributed by atoms with E-state index in [2.05, 4.69) is 6.92 Å². The van der Waals surface area contributed by atoms with Gasteiger partial charge in [-0.25, -0.2) is 4.39 Å². The molecule has 0 aliphatic heterocycles. The van der Waals surface area contributed by atoms with Gasteiger partial charge >= 0.3 is 0 Å². The van der Waals surface area contributed by atoms with Crippen molar-refractivity contribution in [1.29, 1.82) is 0 Å². The van der Waals surface area contributed by atoms with Crippen molar-refractivity contribution in [2.75, 3.05) is 5.88 Å².